The van der Waals surface area contributed by atoms with Gasteiger partial charge in [0.2, 0.25) is 0 Å². The van der Waals surface area contributed by atoms with Crippen LogP contribution in [0.3, 0.4) is 0 Å². The molecule has 3 aromatic heterocycles. The smallest absolute Gasteiger partial charge is 0.267 e. The van der Waals surface area contributed by atoms with Gasteiger partial charge in [0, 0.05) is 35.2 Å². The number of thiazole rings is 1. The average Bonchev–Trinajstić information content (AvgIpc) is 3.47. The van der Waals surface area contributed by atoms with Gasteiger partial charge in [-0.15, -0.1) is 21.5 Å². The summed E-state index contributed by atoms with van der Waals surface area (Å²) in [4.78, 5) is 18.1. The number of halogens is 1. The van der Waals surface area contributed by atoms with Gasteiger partial charge < -0.3 is 9.88 Å². The van der Waals surface area contributed by atoms with Crippen molar-refractivity contribution < 1.29 is 4.79 Å². The summed E-state index contributed by atoms with van der Waals surface area (Å²) < 4.78 is 2.15. The zero-order valence-corrected chi connectivity index (χ0v) is 19.3. The number of nitrogens with zero attached hydrogens (tertiary/aromatic N) is 4. The quantitative estimate of drug-likeness (QED) is 0.393. The van der Waals surface area contributed by atoms with Crippen LogP contribution in [0.1, 0.15) is 40.5 Å². The van der Waals surface area contributed by atoms with Crippen LogP contribution in [0.2, 0.25) is 5.02 Å². The molecule has 6 nitrogen and oxygen atoms in total. The molecule has 1 N–H and O–H groups in total. The summed E-state index contributed by atoms with van der Waals surface area (Å²) in [5.74, 6) is 1.58. The van der Waals surface area contributed by atoms with E-state index in [1.54, 1.807) is 23.5 Å². The van der Waals surface area contributed by atoms with Gasteiger partial charge in [0.15, 0.2) is 5.82 Å². The topological polar surface area (TPSA) is 72.7 Å². The Morgan fingerprint density at radius 1 is 1.19 bits per heavy atom. The molecule has 0 radical (unpaired) electrons. The third-order valence-corrected chi connectivity index (χ3v) is 7.56. The van der Waals surface area contributed by atoms with Gasteiger partial charge in [-0.1, -0.05) is 18.0 Å². The van der Waals surface area contributed by atoms with Crippen molar-refractivity contribution in [3.8, 4) is 22.0 Å². The van der Waals surface area contributed by atoms with E-state index in [0.717, 1.165) is 59.3 Å². The van der Waals surface area contributed by atoms with E-state index in [0.29, 0.717) is 15.6 Å². The van der Waals surface area contributed by atoms with E-state index >= 15 is 0 Å². The first kappa shape index (κ1) is 20.4. The number of fused-ring (bicyclic) bond motifs is 1. The fraction of sp³-hybridized carbons (Fsp3) is 0.273. The highest BCUT2D eigenvalue weighted by molar-refractivity contribution is 7.17. The van der Waals surface area contributed by atoms with E-state index in [-0.39, 0.29) is 5.91 Å². The lowest BCUT2D eigenvalue weighted by molar-refractivity contribution is 0.103. The number of carbonyl (C=O) groups excluding carboxylic acids is 1. The Bertz CT molecular complexity index is 1250. The number of nitrogens with one attached hydrogen (secondary N) is 1. The number of carbonyl (C=O) groups is 1. The van der Waals surface area contributed by atoms with Crippen molar-refractivity contribution in [2.24, 2.45) is 0 Å². The molecule has 31 heavy (non-hydrogen) atoms. The Labute approximate surface area is 192 Å². The van der Waals surface area contributed by atoms with Crippen LogP contribution in [-0.2, 0) is 13.0 Å². The highest BCUT2D eigenvalue weighted by Gasteiger charge is 2.20. The van der Waals surface area contributed by atoms with Crippen LogP contribution in [-0.4, -0.2) is 25.7 Å². The maximum Gasteiger partial charge on any atom is 0.267 e. The second-order valence-electron chi connectivity index (χ2n) is 7.50. The van der Waals surface area contributed by atoms with Gasteiger partial charge in [-0.05, 0) is 49.4 Å². The van der Waals surface area contributed by atoms with Crippen molar-refractivity contribution >= 4 is 45.9 Å². The zero-order chi connectivity index (χ0) is 21.4. The van der Waals surface area contributed by atoms with Crippen LogP contribution < -0.4 is 5.32 Å². The highest BCUT2D eigenvalue weighted by atomic mass is 35.5. The third kappa shape index (κ3) is 4.03. The summed E-state index contributed by atoms with van der Waals surface area (Å²) in [5, 5.41) is 17.3. The normalized spacial score (nSPS) is 13.6. The number of thiophene rings is 1. The molecule has 4 aromatic rings. The number of aryl methyl sites for hydroxylation is 2. The lowest BCUT2D eigenvalue weighted by Crippen LogP contribution is -2.11. The number of anilines is 1. The zero-order valence-electron chi connectivity index (χ0n) is 16.9. The summed E-state index contributed by atoms with van der Waals surface area (Å²) in [5.41, 5.74) is 3.21. The van der Waals surface area contributed by atoms with Crippen LogP contribution in [0, 0.1) is 6.92 Å². The summed E-state index contributed by atoms with van der Waals surface area (Å²) in [6.07, 6.45) is 4.35. The van der Waals surface area contributed by atoms with Crippen molar-refractivity contribution in [3.05, 3.63) is 56.4 Å². The van der Waals surface area contributed by atoms with Crippen molar-refractivity contribution in [3.63, 3.8) is 0 Å². The van der Waals surface area contributed by atoms with Crippen LogP contribution >= 0.6 is 34.3 Å². The monoisotopic (exact) mass is 469 g/mol. The number of aromatic nitrogens is 4. The van der Waals surface area contributed by atoms with Crippen LogP contribution in [0.25, 0.3) is 22.0 Å². The summed E-state index contributed by atoms with van der Waals surface area (Å²) >= 11 is 9.52. The summed E-state index contributed by atoms with van der Waals surface area (Å²) in [6.45, 7) is 2.75. The van der Waals surface area contributed by atoms with E-state index in [1.807, 2.05) is 29.8 Å². The molecule has 0 aliphatic carbocycles. The molecule has 0 saturated carbocycles. The van der Waals surface area contributed by atoms with E-state index in [1.165, 1.54) is 17.8 Å². The maximum absolute atomic E-state index is 13.0. The van der Waals surface area contributed by atoms with Crippen molar-refractivity contribution in [2.75, 3.05) is 5.32 Å². The molecule has 1 aliphatic rings. The van der Waals surface area contributed by atoms with Crippen LogP contribution in [0.4, 0.5) is 5.69 Å². The molecule has 5 rings (SSSR count). The van der Waals surface area contributed by atoms with Gasteiger partial charge in [-0.25, -0.2) is 4.98 Å². The van der Waals surface area contributed by atoms with E-state index in [4.69, 9.17) is 11.6 Å². The Morgan fingerprint density at radius 3 is 2.94 bits per heavy atom. The maximum atomic E-state index is 13.0. The molecule has 0 bridgehead atoms. The lowest BCUT2D eigenvalue weighted by Gasteiger charge is -2.11. The molecule has 0 atom stereocenters. The molecule has 1 amide bonds. The Kier molecular flexibility index (Phi) is 5.60. The molecule has 4 heterocycles. The Hall–Kier alpha value is -2.55. The van der Waals surface area contributed by atoms with Crippen molar-refractivity contribution in [1.82, 2.24) is 19.7 Å². The van der Waals surface area contributed by atoms with Gasteiger partial charge in [0.1, 0.15) is 15.7 Å². The van der Waals surface area contributed by atoms with Crippen molar-refractivity contribution in [1.29, 1.82) is 0 Å². The summed E-state index contributed by atoms with van der Waals surface area (Å²) in [7, 11) is 0. The van der Waals surface area contributed by atoms with Gasteiger partial charge in [-0.2, -0.15) is 11.3 Å². The first-order chi connectivity index (χ1) is 15.1. The molecule has 0 fully saturated rings. The molecule has 0 spiro atoms. The van der Waals surface area contributed by atoms with E-state index in [9.17, 15) is 4.79 Å². The second-order valence-corrected chi connectivity index (χ2v) is 9.68. The van der Waals surface area contributed by atoms with Crippen LogP contribution in [0.5, 0.6) is 0 Å². The van der Waals surface area contributed by atoms with Gasteiger partial charge >= 0.3 is 0 Å². The second kappa shape index (κ2) is 8.53. The standard InChI is InChI=1S/C22H20ClN5OS2/c1-13-19(31-22(24-13)14-8-10-30-12-14)21(29)25-15-6-7-17(23)16(11-15)20-27-26-18-5-3-2-4-9-28(18)20/h6-8,10-12H,2-5,9H2,1H3,(H,25,29). The number of hydrogen-bond acceptors (Lipinski definition) is 6. The van der Waals surface area contributed by atoms with E-state index in [2.05, 4.69) is 25.1 Å². The Balaban J connectivity index is 1.43. The molecule has 0 unspecified atom stereocenters. The predicted octanol–water partition coefficient (Wildman–Crippen LogP) is 6.07. The highest BCUT2D eigenvalue weighted by Crippen LogP contribution is 2.33. The lowest BCUT2D eigenvalue weighted by atomic mass is 10.1. The number of amides is 1. The molecular formula is C22H20ClN5OS2. The van der Waals surface area contributed by atoms with Gasteiger partial charge in [0.05, 0.1) is 10.7 Å². The molecule has 0 saturated heterocycles. The predicted molar refractivity (Wildman–Crippen MR) is 126 cm³/mol. The third-order valence-electron chi connectivity index (χ3n) is 5.35. The number of benzene rings is 1. The molecule has 9 heteroatoms. The van der Waals surface area contributed by atoms with Crippen LogP contribution in [0.15, 0.2) is 35.0 Å². The largest absolute Gasteiger partial charge is 0.321 e. The molecule has 158 valence electrons. The molecule has 1 aromatic carbocycles. The van der Waals surface area contributed by atoms with Gasteiger partial charge in [0.25, 0.3) is 5.91 Å². The fourth-order valence-electron chi connectivity index (χ4n) is 3.76. The summed E-state index contributed by atoms with van der Waals surface area (Å²) in [6, 6.07) is 7.48. The minimum Gasteiger partial charge on any atom is -0.321 e. The van der Waals surface area contributed by atoms with Gasteiger partial charge in [-0.3, -0.25) is 4.79 Å². The molecule has 1 aliphatic heterocycles. The SMILES string of the molecule is Cc1nc(-c2ccsc2)sc1C(=O)Nc1ccc(Cl)c(-c2nnc3n2CCCCC3)c1. The number of rotatable bonds is 4. The minimum absolute atomic E-state index is 0.176. The first-order valence-electron chi connectivity index (χ1n) is 10.1. The fourth-order valence-corrected chi connectivity index (χ4v) is 5.64. The molecular weight excluding hydrogens is 450 g/mol. The average molecular weight is 470 g/mol. The first-order valence-corrected chi connectivity index (χ1v) is 12.3. The van der Waals surface area contributed by atoms with E-state index < -0.39 is 0 Å². The van der Waals surface area contributed by atoms with Crippen molar-refractivity contribution in [2.45, 2.75) is 39.2 Å². The number of hydrogen-bond donors (Lipinski definition) is 1. The Morgan fingerprint density at radius 2 is 2.10 bits per heavy atom. The minimum atomic E-state index is -0.176.